The SMILES string of the molecule is CC(C)(C)OC(=O)NC(C)(C)C(=O)N1CCN(C(=O)Nc2ccn(-c3ccc4c(c3)CCC(N(CC3CC3)[C@H]3CC[C@H](NC(=O)OC(C)(C)C)CC3)C4)c(=O)n2)CC1. The lowest BCUT2D eigenvalue weighted by atomic mass is 9.84. The Labute approximate surface area is 342 Å². The van der Waals surface area contributed by atoms with Crippen LogP contribution in [0.25, 0.3) is 5.69 Å². The van der Waals surface area contributed by atoms with Crippen molar-refractivity contribution < 1.29 is 28.7 Å². The van der Waals surface area contributed by atoms with Crippen molar-refractivity contribution in [3.8, 4) is 5.69 Å². The molecule has 2 aromatic rings. The van der Waals surface area contributed by atoms with E-state index in [2.05, 4.69) is 38.0 Å². The highest BCUT2D eigenvalue weighted by Gasteiger charge is 2.38. The predicted molar refractivity (Wildman–Crippen MR) is 221 cm³/mol. The van der Waals surface area contributed by atoms with Gasteiger partial charge in [-0.3, -0.25) is 19.6 Å². The van der Waals surface area contributed by atoms with Gasteiger partial charge in [0.05, 0.1) is 5.69 Å². The van der Waals surface area contributed by atoms with E-state index in [4.69, 9.17) is 9.47 Å². The van der Waals surface area contributed by atoms with Crippen molar-refractivity contribution in [1.82, 2.24) is 34.9 Å². The zero-order valence-corrected chi connectivity index (χ0v) is 35.7. The average molecular weight is 805 g/mol. The Hall–Kier alpha value is -4.66. The number of hydrogen-bond donors (Lipinski definition) is 3. The summed E-state index contributed by atoms with van der Waals surface area (Å²) in [6.45, 7) is 16.4. The van der Waals surface area contributed by atoms with Crippen molar-refractivity contribution in [1.29, 1.82) is 0 Å². The quantitative estimate of drug-likeness (QED) is 0.292. The molecule has 2 heterocycles. The van der Waals surface area contributed by atoms with E-state index in [0.717, 1.165) is 63.1 Å². The van der Waals surface area contributed by atoms with Gasteiger partial charge in [0.25, 0.3) is 0 Å². The Morgan fingerprint density at radius 2 is 1.41 bits per heavy atom. The highest BCUT2D eigenvalue weighted by molar-refractivity contribution is 5.90. The van der Waals surface area contributed by atoms with Crippen LogP contribution in [-0.4, -0.2) is 116 Å². The maximum absolute atomic E-state index is 13.3. The fourth-order valence-electron chi connectivity index (χ4n) is 8.35. The van der Waals surface area contributed by atoms with Crippen LogP contribution < -0.4 is 21.6 Å². The molecule has 4 aliphatic rings. The summed E-state index contributed by atoms with van der Waals surface area (Å²) in [5.74, 6) is 0.660. The van der Waals surface area contributed by atoms with Gasteiger partial charge in [0.15, 0.2) is 0 Å². The molecular weight excluding hydrogens is 741 g/mol. The maximum atomic E-state index is 13.3. The number of hydrogen-bond acceptors (Lipinski definition) is 9. The number of fused-ring (bicyclic) bond motifs is 1. The first kappa shape index (κ1) is 42.9. The van der Waals surface area contributed by atoms with E-state index in [1.807, 2.05) is 26.8 Å². The van der Waals surface area contributed by atoms with Crippen molar-refractivity contribution >= 4 is 29.9 Å². The number of aromatic nitrogens is 2. The molecule has 3 aliphatic carbocycles. The smallest absolute Gasteiger partial charge is 0.408 e. The van der Waals surface area contributed by atoms with Gasteiger partial charge in [-0.2, -0.15) is 4.98 Å². The van der Waals surface area contributed by atoms with Crippen LogP contribution >= 0.6 is 0 Å². The van der Waals surface area contributed by atoms with E-state index < -0.39 is 34.6 Å². The van der Waals surface area contributed by atoms with Crippen LogP contribution in [0.1, 0.15) is 111 Å². The van der Waals surface area contributed by atoms with Crippen LogP contribution in [0.4, 0.5) is 20.2 Å². The van der Waals surface area contributed by atoms with Crippen LogP contribution in [0, 0.1) is 5.92 Å². The topological polar surface area (TPSA) is 167 Å². The summed E-state index contributed by atoms with van der Waals surface area (Å²) in [4.78, 5) is 74.5. The van der Waals surface area contributed by atoms with Gasteiger partial charge < -0.3 is 29.9 Å². The maximum Gasteiger partial charge on any atom is 0.408 e. The van der Waals surface area contributed by atoms with E-state index in [-0.39, 0.29) is 50.0 Å². The summed E-state index contributed by atoms with van der Waals surface area (Å²) < 4.78 is 12.3. The number of urea groups is 1. The van der Waals surface area contributed by atoms with Crippen LogP contribution in [0.15, 0.2) is 35.3 Å². The first-order valence-corrected chi connectivity index (χ1v) is 21.1. The molecule has 1 aromatic heterocycles. The molecule has 5 amide bonds. The predicted octanol–water partition coefficient (Wildman–Crippen LogP) is 5.62. The third kappa shape index (κ3) is 11.5. The van der Waals surface area contributed by atoms with Crippen molar-refractivity contribution in [2.45, 2.75) is 148 Å². The molecule has 2 saturated carbocycles. The number of carbonyl (C=O) groups is 4. The zero-order chi connectivity index (χ0) is 42.0. The molecule has 6 rings (SSSR count). The van der Waals surface area contributed by atoms with Crippen molar-refractivity contribution in [2.75, 3.05) is 38.0 Å². The van der Waals surface area contributed by atoms with Crippen molar-refractivity contribution in [3.05, 3.63) is 52.1 Å². The fraction of sp³-hybridized carbons (Fsp3) is 0.674. The molecule has 3 N–H and O–H groups in total. The molecule has 318 valence electrons. The fourth-order valence-corrected chi connectivity index (χ4v) is 8.35. The normalized spacial score (nSPS) is 21.5. The molecule has 0 spiro atoms. The second-order valence-corrected chi connectivity index (χ2v) is 19.1. The lowest BCUT2D eigenvalue weighted by Crippen LogP contribution is -2.60. The van der Waals surface area contributed by atoms with Crippen LogP contribution in [0.5, 0.6) is 0 Å². The highest BCUT2D eigenvalue weighted by Crippen LogP contribution is 2.37. The van der Waals surface area contributed by atoms with Gasteiger partial charge >= 0.3 is 23.9 Å². The van der Waals surface area contributed by atoms with Gasteiger partial charge in [-0.05, 0) is 148 Å². The molecule has 58 heavy (non-hydrogen) atoms. The summed E-state index contributed by atoms with van der Waals surface area (Å²) >= 11 is 0. The highest BCUT2D eigenvalue weighted by atomic mass is 16.6. The third-order valence-electron chi connectivity index (χ3n) is 11.4. The van der Waals surface area contributed by atoms with Gasteiger partial charge in [0, 0.05) is 57.0 Å². The first-order valence-electron chi connectivity index (χ1n) is 21.1. The number of amides is 5. The molecule has 3 fully saturated rings. The molecule has 0 bridgehead atoms. The minimum absolute atomic E-state index is 0.151. The molecule has 15 nitrogen and oxygen atoms in total. The van der Waals surface area contributed by atoms with E-state index in [1.54, 1.807) is 56.7 Å². The number of piperazine rings is 1. The Balaban J connectivity index is 1.01. The van der Waals surface area contributed by atoms with Gasteiger partial charge in [0.2, 0.25) is 5.91 Å². The average Bonchev–Trinajstić information content (AvgIpc) is 3.96. The number of benzene rings is 1. The number of ether oxygens (including phenoxy) is 2. The molecule has 1 atom stereocenters. The number of anilines is 1. The third-order valence-corrected chi connectivity index (χ3v) is 11.4. The number of alkyl carbamates (subject to hydrolysis) is 2. The van der Waals surface area contributed by atoms with Crippen LogP contribution in [0.2, 0.25) is 0 Å². The molecule has 0 radical (unpaired) electrons. The van der Waals surface area contributed by atoms with E-state index in [9.17, 15) is 24.0 Å². The molecular formula is C43H64N8O7. The van der Waals surface area contributed by atoms with Gasteiger partial charge in [-0.25, -0.2) is 19.2 Å². The minimum atomic E-state index is -1.19. The minimum Gasteiger partial charge on any atom is -0.444 e. The summed E-state index contributed by atoms with van der Waals surface area (Å²) in [7, 11) is 0. The number of nitrogens with one attached hydrogen (secondary N) is 3. The number of aryl methyl sites for hydroxylation is 1. The molecule has 1 aromatic carbocycles. The number of rotatable bonds is 9. The lowest BCUT2D eigenvalue weighted by molar-refractivity contribution is -0.138. The lowest BCUT2D eigenvalue weighted by Gasteiger charge is -2.43. The number of nitrogens with zero attached hydrogens (tertiary/aromatic N) is 5. The summed E-state index contributed by atoms with van der Waals surface area (Å²) in [6.07, 6.45) is 10.2. The van der Waals surface area contributed by atoms with Crippen molar-refractivity contribution in [2.24, 2.45) is 5.92 Å². The Bertz CT molecular complexity index is 1880. The molecule has 15 heteroatoms. The van der Waals surface area contributed by atoms with Crippen LogP contribution in [-0.2, 0) is 27.1 Å². The number of carbonyl (C=O) groups excluding carboxylic acids is 4. The van der Waals surface area contributed by atoms with E-state index in [1.165, 1.54) is 28.5 Å². The first-order chi connectivity index (χ1) is 27.2. The van der Waals surface area contributed by atoms with E-state index >= 15 is 0 Å². The van der Waals surface area contributed by atoms with Gasteiger partial charge in [0.1, 0.15) is 22.6 Å². The standard InChI is InChI=1S/C43H64N8O7/c1-41(2,3)57-39(55)44-31-13-17-32(18-14-31)51(27-28-9-10-28)34-16-12-29-25-33(15-11-30(29)26-34)50-20-19-35(46-38(50)54)45-37(53)49-23-21-48(22-24-49)36(52)43(7,8)47-40(56)58-42(4,5)6/h11,15,19-20,25,28,31-32,34H,9-10,12-14,16-18,21-24,26-27H2,1-8H3,(H,44,55)(H,47,56)(H,45,46,53,54)/t31-,32-,34?. The Morgan fingerprint density at radius 3 is 2.03 bits per heavy atom. The monoisotopic (exact) mass is 804 g/mol. The van der Waals surface area contributed by atoms with Crippen LogP contribution in [0.3, 0.4) is 0 Å². The second-order valence-electron chi connectivity index (χ2n) is 19.1. The molecule has 1 unspecified atom stereocenters. The Morgan fingerprint density at radius 1 is 0.776 bits per heavy atom. The van der Waals surface area contributed by atoms with Crippen molar-refractivity contribution in [3.63, 3.8) is 0 Å². The largest absolute Gasteiger partial charge is 0.444 e. The van der Waals surface area contributed by atoms with Gasteiger partial charge in [-0.1, -0.05) is 6.07 Å². The van der Waals surface area contributed by atoms with Gasteiger partial charge in [-0.15, -0.1) is 0 Å². The summed E-state index contributed by atoms with van der Waals surface area (Å²) in [5.41, 5.74) is 0.417. The summed E-state index contributed by atoms with van der Waals surface area (Å²) in [5, 5.41) is 8.48. The summed E-state index contributed by atoms with van der Waals surface area (Å²) in [6, 6.07) is 8.55. The molecule has 1 saturated heterocycles. The van der Waals surface area contributed by atoms with E-state index in [0.29, 0.717) is 12.1 Å². The molecule has 1 aliphatic heterocycles. The second kappa shape index (κ2) is 17.3. The Kier molecular flexibility index (Phi) is 12.8. The zero-order valence-electron chi connectivity index (χ0n) is 35.7.